The highest BCUT2D eigenvalue weighted by Crippen LogP contribution is 2.30. The molecule has 1 aliphatic rings. The van der Waals surface area contributed by atoms with Crippen LogP contribution in [0.1, 0.15) is 24.2 Å². The van der Waals surface area contributed by atoms with Crippen LogP contribution in [0.15, 0.2) is 58.2 Å². The summed E-state index contributed by atoms with van der Waals surface area (Å²) in [6.45, 7) is 2.06. The van der Waals surface area contributed by atoms with Gasteiger partial charge in [-0.2, -0.15) is 4.98 Å². The molecule has 0 atom stereocenters. The summed E-state index contributed by atoms with van der Waals surface area (Å²) in [5, 5.41) is 10.6. The fraction of sp³-hybridized carbons (Fsp3) is 0.364. The average molecular weight is 406 g/mol. The van der Waals surface area contributed by atoms with E-state index in [1.54, 1.807) is 13.2 Å². The zero-order chi connectivity index (χ0) is 20.6. The van der Waals surface area contributed by atoms with E-state index in [0.29, 0.717) is 42.9 Å². The number of aliphatic imine (C=N–C) groups is 1. The van der Waals surface area contributed by atoms with Gasteiger partial charge in [0.15, 0.2) is 11.8 Å². The van der Waals surface area contributed by atoms with Gasteiger partial charge in [-0.15, -0.1) is 0 Å². The molecular weight excluding hydrogens is 380 g/mol. The zero-order valence-corrected chi connectivity index (χ0v) is 17.0. The van der Waals surface area contributed by atoms with E-state index < -0.39 is 0 Å². The molecule has 0 aliphatic heterocycles. The molecule has 30 heavy (non-hydrogen) atoms. The van der Waals surface area contributed by atoms with Gasteiger partial charge in [0.2, 0.25) is 0 Å². The standard InChI is InChI=1S/C22H26N6O2/c1-23-22(26-14-17-6-2-3-8-19(17)29-15-16-9-10-16)25-13-11-20-27-21(30-28-20)18-7-4-5-12-24-18/h2-8,12,16H,9-11,13-15H2,1H3,(H2,23,25,26). The van der Waals surface area contributed by atoms with Crippen molar-refractivity contribution in [1.29, 1.82) is 0 Å². The number of para-hydroxylation sites is 1. The Kier molecular flexibility index (Phi) is 6.54. The summed E-state index contributed by atoms with van der Waals surface area (Å²) in [5.74, 6) is 3.42. The number of hydrogen-bond donors (Lipinski definition) is 2. The topological polar surface area (TPSA) is 97.5 Å². The highest BCUT2D eigenvalue weighted by atomic mass is 16.5. The molecule has 1 fully saturated rings. The second-order valence-corrected chi connectivity index (χ2v) is 7.20. The summed E-state index contributed by atoms with van der Waals surface area (Å²) in [6.07, 6.45) is 4.87. The Morgan fingerprint density at radius 2 is 2.03 bits per heavy atom. The molecule has 0 spiro atoms. The predicted octanol–water partition coefficient (Wildman–Crippen LogP) is 2.83. The molecule has 2 N–H and O–H groups in total. The van der Waals surface area contributed by atoms with E-state index in [2.05, 4.69) is 36.8 Å². The number of nitrogens with zero attached hydrogens (tertiary/aromatic N) is 4. The molecule has 8 nitrogen and oxygen atoms in total. The third-order valence-electron chi connectivity index (χ3n) is 4.81. The van der Waals surface area contributed by atoms with Crippen LogP contribution < -0.4 is 15.4 Å². The van der Waals surface area contributed by atoms with Crippen LogP contribution in [0.25, 0.3) is 11.6 Å². The molecule has 2 aromatic heterocycles. The second kappa shape index (κ2) is 9.87. The Morgan fingerprint density at radius 3 is 2.83 bits per heavy atom. The van der Waals surface area contributed by atoms with Crippen LogP contribution in [-0.2, 0) is 13.0 Å². The van der Waals surface area contributed by atoms with Crippen LogP contribution in [-0.4, -0.2) is 41.3 Å². The first-order valence-corrected chi connectivity index (χ1v) is 10.2. The Balaban J connectivity index is 1.24. The second-order valence-electron chi connectivity index (χ2n) is 7.20. The van der Waals surface area contributed by atoms with Crippen molar-refractivity contribution in [3.8, 4) is 17.3 Å². The monoisotopic (exact) mass is 406 g/mol. The van der Waals surface area contributed by atoms with Crippen LogP contribution in [0.5, 0.6) is 5.75 Å². The first kappa shape index (κ1) is 19.9. The highest BCUT2D eigenvalue weighted by molar-refractivity contribution is 5.79. The fourth-order valence-electron chi connectivity index (χ4n) is 2.92. The van der Waals surface area contributed by atoms with Crippen molar-refractivity contribution in [1.82, 2.24) is 25.8 Å². The first-order chi connectivity index (χ1) is 14.8. The lowest BCUT2D eigenvalue weighted by molar-refractivity contribution is 0.296. The molecule has 0 saturated heterocycles. The summed E-state index contributed by atoms with van der Waals surface area (Å²) in [6, 6.07) is 13.7. The molecule has 4 rings (SSSR count). The largest absolute Gasteiger partial charge is 0.493 e. The third kappa shape index (κ3) is 5.56. The minimum absolute atomic E-state index is 0.427. The summed E-state index contributed by atoms with van der Waals surface area (Å²) >= 11 is 0. The van der Waals surface area contributed by atoms with Gasteiger partial charge in [0.25, 0.3) is 5.89 Å². The average Bonchev–Trinajstić information content (AvgIpc) is 3.51. The van der Waals surface area contributed by atoms with Gasteiger partial charge in [-0.3, -0.25) is 9.98 Å². The van der Waals surface area contributed by atoms with Gasteiger partial charge in [0.1, 0.15) is 11.4 Å². The van der Waals surface area contributed by atoms with Crippen molar-refractivity contribution >= 4 is 5.96 Å². The molecule has 1 saturated carbocycles. The van der Waals surface area contributed by atoms with Crippen LogP contribution >= 0.6 is 0 Å². The molecular formula is C22H26N6O2. The fourth-order valence-corrected chi connectivity index (χ4v) is 2.92. The van der Waals surface area contributed by atoms with Crippen molar-refractivity contribution in [3.63, 3.8) is 0 Å². The lowest BCUT2D eigenvalue weighted by atomic mass is 10.2. The molecule has 8 heteroatoms. The van der Waals surface area contributed by atoms with Crippen molar-refractivity contribution in [2.75, 3.05) is 20.2 Å². The Morgan fingerprint density at radius 1 is 1.17 bits per heavy atom. The number of ether oxygens (including phenoxy) is 1. The lowest BCUT2D eigenvalue weighted by Gasteiger charge is -2.14. The molecule has 156 valence electrons. The molecule has 0 unspecified atom stereocenters. The number of benzene rings is 1. The quantitative estimate of drug-likeness (QED) is 0.416. The van der Waals surface area contributed by atoms with E-state index in [-0.39, 0.29) is 0 Å². The SMILES string of the molecule is CN=C(NCCc1noc(-c2ccccn2)n1)NCc1ccccc1OCC1CC1. The summed E-state index contributed by atoms with van der Waals surface area (Å²) < 4.78 is 11.3. The van der Waals surface area contributed by atoms with E-state index in [1.807, 2.05) is 36.4 Å². The normalized spacial score (nSPS) is 13.8. The Hall–Kier alpha value is -3.42. The number of nitrogens with one attached hydrogen (secondary N) is 2. The minimum atomic E-state index is 0.427. The number of rotatable bonds is 9. The first-order valence-electron chi connectivity index (χ1n) is 10.2. The molecule has 0 amide bonds. The molecule has 2 heterocycles. The van der Waals surface area contributed by atoms with E-state index in [9.17, 15) is 0 Å². The summed E-state index contributed by atoms with van der Waals surface area (Å²) in [7, 11) is 1.75. The highest BCUT2D eigenvalue weighted by Gasteiger charge is 2.22. The molecule has 0 bridgehead atoms. The van der Waals surface area contributed by atoms with Crippen LogP contribution in [0.4, 0.5) is 0 Å². The van der Waals surface area contributed by atoms with Crippen molar-refractivity contribution in [2.24, 2.45) is 10.9 Å². The molecule has 1 aliphatic carbocycles. The predicted molar refractivity (Wildman–Crippen MR) is 114 cm³/mol. The third-order valence-corrected chi connectivity index (χ3v) is 4.81. The maximum Gasteiger partial charge on any atom is 0.276 e. The van der Waals surface area contributed by atoms with Crippen molar-refractivity contribution < 1.29 is 9.26 Å². The van der Waals surface area contributed by atoms with Gasteiger partial charge in [-0.25, -0.2) is 0 Å². The Labute approximate surface area is 175 Å². The van der Waals surface area contributed by atoms with Gasteiger partial charge in [0.05, 0.1) is 6.61 Å². The number of aromatic nitrogens is 3. The molecule has 3 aromatic rings. The maximum atomic E-state index is 5.97. The number of guanidine groups is 1. The van der Waals surface area contributed by atoms with E-state index in [4.69, 9.17) is 9.26 Å². The summed E-state index contributed by atoms with van der Waals surface area (Å²) in [4.78, 5) is 12.9. The lowest BCUT2D eigenvalue weighted by Crippen LogP contribution is -2.38. The van der Waals surface area contributed by atoms with Crippen molar-refractivity contribution in [3.05, 3.63) is 60.0 Å². The smallest absolute Gasteiger partial charge is 0.276 e. The van der Waals surface area contributed by atoms with E-state index >= 15 is 0 Å². The van der Waals surface area contributed by atoms with Crippen molar-refractivity contribution in [2.45, 2.75) is 25.8 Å². The number of hydrogen-bond acceptors (Lipinski definition) is 6. The van der Waals surface area contributed by atoms with Gasteiger partial charge in [-0.05, 0) is 37.0 Å². The Bertz CT molecular complexity index is 969. The van der Waals surface area contributed by atoms with Gasteiger partial charge in [-0.1, -0.05) is 29.4 Å². The minimum Gasteiger partial charge on any atom is -0.493 e. The zero-order valence-electron chi connectivity index (χ0n) is 17.0. The molecule has 1 aromatic carbocycles. The van der Waals surface area contributed by atoms with Gasteiger partial charge >= 0.3 is 0 Å². The van der Waals surface area contributed by atoms with Crippen LogP contribution in [0, 0.1) is 5.92 Å². The van der Waals surface area contributed by atoms with Crippen LogP contribution in [0.2, 0.25) is 0 Å². The van der Waals surface area contributed by atoms with Gasteiger partial charge < -0.3 is 19.9 Å². The van der Waals surface area contributed by atoms with Gasteiger partial charge in [0, 0.05) is 38.3 Å². The molecule has 0 radical (unpaired) electrons. The van der Waals surface area contributed by atoms with E-state index in [1.165, 1.54) is 12.8 Å². The maximum absolute atomic E-state index is 5.97. The van der Waals surface area contributed by atoms with E-state index in [0.717, 1.165) is 23.8 Å². The van der Waals surface area contributed by atoms with Crippen LogP contribution in [0.3, 0.4) is 0 Å². The summed E-state index contributed by atoms with van der Waals surface area (Å²) in [5.41, 5.74) is 1.78. The number of pyridine rings is 1.